The predicted molar refractivity (Wildman–Crippen MR) is 152 cm³/mol. The van der Waals surface area contributed by atoms with Gasteiger partial charge >= 0.3 is 0 Å². The predicted octanol–water partition coefficient (Wildman–Crippen LogP) is 4.81. The standard InChI is InChI=1S/C28H30N2O5S3/c1-28(2,31)19-13-14-29-24(16-19)22-9-6-7-18-15-25(36-27(18)22)23(17-30-38(34,35)20-11-12-20)21-8-4-5-10-26(21)37(3,32)33/h4-10,13-16,20,23,30-31H,11-12,17H2,1-3H3. The largest absolute Gasteiger partial charge is 0.386 e. The first-order valence-corrected chi connectivity index (χ1v) is 16.6. The molecule has 1 fully saturated rings. The van der Waals surface area contributed by atoms with E-state index in [1.165, 1.54) is 17.6 Å². The lowest BCUT2D eigenvalue weighted by atomic mass is 9.96. The highest BCUT2D eigenvalue weighted by atomic mass is 32.2. The molecule has 2 heterocycles. The molecule has 38 heavy (non-hydrogen) atoms. The van der Waals surface area contributed by atoms with Gasteiger partial charge in [-0.15, -0.1) is 11.3 Å². The molecule has 1 aliphatic rings. The minimum Gasteiger partial charge on any atom is -0.386 e. The second kappa shape index (κ2) is 9.84. The maximum atomic E-state index is 12.7. The number of hydrogen-bond donors (Lipinski definition) is 2. The summed E-state index contributed by atoms with van der Waals surface area (Å²) in [6.45, 7) is 3.50. The summed E-state index contributed by atoms with van der Waals surface area (Å²) in [6.07, 6.45) is 4.13. The van der Waals surface area contributed by atoms with Crippen LogP contribution in [-0.2, 0) is 25.5 Å². The van der Waals surface area contributed by atoms with Crippen LogP contribution in [0.15, 0.2) is 71.8 Å². The number of aliphatic hydroxyl groups is 1. The molecule has 1 unspecified atom stereocenters. The Kier molecular flexibility index (Phi) is 6.98. The summed E-state index contributed by atoms with van der Waals surface area (Å²) < 4.78 is 54.5. The van der Waals surface area contributed by atoms with Gasteiger partial charge in [-0.1, -0.05) is 36.4 Å². The second-order valence-corrected chi connectivity index (χ2v) is 15.4. The zero-order valence-corrected chi connectivity index (χ0v) is 23.8. The number of rotatable bonds is 9. The Labute approximate surface area is 227 Å². The Morgan fingerprint density at radius 2 is 1.79 bits per heavy atom. The van der Waals surface area contributed by atoms with Crippen LogP contribution >= 0.6 is 11.3 Å². The van der Waals surface area contributed by atoms with Crippen LogP contribution in [0, 0.1) is 0 Å². The Morgan fingerprint density at radius 1 is 1.05 bits per heavy atom. The molecule has 2 aromatic heterocycles. The summed E-state index contributed by atoms with van der Waals surface area (Å²) in [4.78, 5) is 5.59. The third-order valence-corrected chi connectivity index (χ3v) is 11.2. The monoisotopic (exact) mass is 570 g/mol. The van der Waals surface area contributed by atoms with Crippen molar-refractivity contribution in [2.45, 2.75) is 48.4 Å². The number of hydrogen-bond acceptors (Lipinski definition) is 7. The van der Waals surface area contributed by atoms with Gasteiger partial charge in [0, 0.05) is 40.1 Å². The van der Waals surface area contributed by atoms with Gasteiger partial charge in [-0.05, 0) is 67.5 Å². The van der Waals surface area contributed by atoms with Crippen LogP contribution in [0.25, 0.3) is 21.3 Å². The van der Waals surface area contributed by atoms with Crippen molar-refractivity contribution in [3.63, 3.8) is 0 Å². The normalized spacial score (nSPS) is 15.6. The number of nitrogens with zero attached hydrogens (tertiary/aromatic N) is 1. The third-order valence-electron chi connectivity index (χ3n) is 6.79. The van der Waals surface area contributed by atoms with Gasteiger partial charge in [-0.3, -0.25) is 4.98 Å². The molecular formula is C28H30N2O5S3. The van der Waals surface area contributed by atoms with Crippen molar-refractivity contribution in [1.82, 2.24) is 9.71 Å². The van der Waals surface area contributed by atoms with Gasteiger partial charge in [0.15, 0.2) is 9.84 Å². The lowest BCUT2D eigenvalue weighted by Crippen LogP contribution is -2.31. The molecule has 200 valence electrons. The van der Waals surface area contributed by atoms with E-state index < -0.39 is 31.4 Å². The van der Waals surface area contributed by atoms with Gasteiger partial charge < -0.3 is 5.11 Å². The summed E-state index contributed by atoms with van der Waals surface area (Å²) in [7, 11) is -7.03. The van der Waals surface area contributed by atoms with Gasteiger partial charge in [0.25, 0.3) is 0 Å². The topological polar surface area (TPSA) is 113 Å². The fourth-order valence-corrected chi connectivity index (χ4v) is 8.24. The first-order valence-electron chi connectivity index (χ1n) is 12.3. The molecule has 1 atom stereocenters. The lowest BCUT2D eigenvalue weighted by Gasteiger charge is -2.20. The van der Waals surface area contributed by atoms with E-state index in [0.717, 1.165) is 26.1 Å². The van der Waals surface area contributed by atoms with E-state index >= 15 is 0 Å². The molecule has 7 nitrogen and oxygen atoms in total. The highest BCUT2D eigenvalue weighted by Gasteiger charge is 2.36. The highest BCUT2D eigenvalue weighted by Crippen LogP contribution is 2.41. The molecule has 0 amide bonds. The van der Waals surface area contributed by atoms with Crippen molar-refractivity contribution in [3.8, 4) is 11.3 Å². The molecular weight excluding hydrogens is 541 g/mol. The average molecular weight is 571 g/mol. The maximum Gasteiger partial charge on any atom is 0.214 e. The van der Waals surface area contributed by atoms with Gasteiger partial charge in [-0.25, -0.2) is 21.6 Å². The number of aromatic nitrogens is 1. The van der Waals surface area contributed by atoms with Crippen LogP contribution in [-0.4, -0.2) is 45.0 Å². The Bertz CT molecular complexity index is 1720. The van der Waals surface area contributed by atoms with Crippen molar-refractivity contribution in [2.75, 3.05) is 12.8 Å². The zero-order chi connectivity index (χ0) is 27.3. The smallest absolute Gasteiger partial charge is 0.214 e. The van der Waals surface area contributed by atoms with E-state index in [2.05, 4.69) is 9.71 Å². The summed E-state index contributed by atoms with van der Waals surface area (Å²) in [5, 5.41) is 11.1. The fraction of sp³-hybridized carbons (Fsp3) is 0.321. The van der Waals surface area contributed by atoms with Gasteiger partial charge in [-0.2, -0.15) is 0 Å². The molecule has 0 radical (unpaired) electrons. The maximum absolute atomic E-state index is 12.7. The summed E-state index contributed by atoms with van der Waals surface area (Å²) in [6, 6.07) is 18.3. The van der Waals surface area contributed by atoms with E-state index in [1.807, 2.05) is 30.3 Å². The quantitative estimate of drug-likeness (QED) is 0.299. The Hall–Kier alpha value is -2.63. The molecule has 1 aliphatic carbocycles. The first kappa shape index (κ1) is 27.0. The number of fused-ring (bicyclic) bond motifs is 1. The number of sulfonamides is 1. The van der Waals surface area contributed by atoms with Gasteiger partial charge in [0.1, 0.15) is 0 Å². The van der Waals surface area contributed by atoms with E-state index in [-0.39, 0.29) is 16.7 Å². The van der Waals surface area contributed by atoms with Gasteiger partial charge in [0.05, 0.1) is 21.4 Å². The lowest BCUT2D eigenvalue weighted by molar-refractivity contribution is 0.0785. The average Bonchev–Trinajstić information content (AvgIpc) is 3.63. The van der Waals surface area contributed by atoms with Crippen LogP contribution in [0.3, 0.4) is 0 Å². The van der Waals surface area contributed by atoms with Crippen LogP contribution in [0.2, 0.25) is 0 Å². The van der Waals surface area contributed by atoms with Gasteiger partial charge in [0.2, 0.25) is 10.0 Å². The summed E-state index contributed by atoms with van der Waals surface area (Å²) >= 11 is 1.50. The molecule has 0 spiro atoms. The van der Waals surface area contributed by atoms with Crippen LogP contribution in [0.5, 0.6) is 0 Å². The minimum atomic E-state index is -3.55. The number of pyridine rings is 1. The summed E-state index contributed by atoms with van der Waals surface area (Å²) in [5.74, 6) is -0.504. The van der Waals surface area contributed by atoms with E-state index in [0.29, 0.717) is 24.1 Å². The Balaban J connectivity index is 1.64. The molecule has 4 aromatic rings. The minimum absolute atomic E-state index is 0.0555. The molecule has 1 saturated carbocycles. The van der Waals surface area contributed by atoms with Crippen molar-refractivity contribution in [1.29, 1.82) is 0 Å². The molecule has 2 aromatic carbocycles. The highest BCUT2D eigenvalue weighted by molar-refractivity contribution is 7.91. The molecule has 0 bridgehead atoms. The van der Waals surface area contributed by atoms with Crippen molar-refractivity contribution in [2.24, 2.45) is 0 Å². The fourth-order valence-electron chi connectivity index (χ4n) is 4.58. The van der Waals surface area contributed by atoms with Crippen LogP contribution < -0.4 is 4.72 Å². The zero-order valence-electron chi connectivity index (χ0n) is 21.4. The van der Waals surface area contributed by atoms with Crippen molar-refractivity contribution in [3.05, 3.63) is 82.9 Å². The molecule has 5 rings (SSSR count). The van der Waals surface area contributed by atoms with Crippen molar-refractivity contribution < 1.29 is 21.9 Å². The molecule has 10 heteroatoms. The Morgan fingerprint density at radius 3 is 2.47 bits per heavy atom. The second-order valence-electron chi connectivity index (χ2n) is 10.3. The number of nitrogens with one attached hydrogen (secondary N) is 1. The van der Waals surface area contributed by atoms with Crippen molar-refractivity contribution >= 4 is 41.3 Å². The summed E-state index contributed by atoms with van der Waals surface area (Å²) in [5.41, 5.74) is 1.88. The van der Waals surface area contributed by atoms with Crippen LogP contribution in [0.1, 0.15) is 48.6 Å². The van der Waals surface area contributed by atoms with E-state index in [1.54, 1.807) is 50.4 Å². The SMILES string of the molecule is CC(C)(O)c1ccnc(-c2cccc3cc(C(CNS(=O)(=O)C4CC4)c4ccccc4S(C)(=O)=O)sc23)c1. The molecule has 0 saturated heterocycles. The number of benzene rings is 2. The third kappa shape index (κ3) is 5.55. The first-order chi connectivity index (χ1) is 17.8. The molecule has 0 aliphatic heterocycles. The number of thiophene rings is 1. The number of sulfone groups is 1. The van der Waals surface area contributed by atoms with E-state index in [4.69, 9.17) is 0 Å². The van der Waals surface area contributed by atoms with E-state index in [9.17, 15) is 21.9 Å². The van der Waals surface area contributed by atoms with Crippen LogP contribution in [0.4, 0.5) is 0 Å². The molecule has 2 N–H and O–H groups in total.